The molecule has 0 radical (unpaired) electrons. The van der Waals surface area contributed by atoms with Gasteiger partial charge in [0.15, 0.2) is 6.61 Å². The summed E-state index contributed by atoms with van der Waals surface area (Å²) < 4.78 is 18.5. The second-order valence-electron chi connectivity index (χ2n) is 5.88. The number of carbonyl (C=O) groups is 1. The summed E-state index contributed by atoms with van der Waals surface area (Å²) in [5, 5.41) is 4.30. The molecule has 7 heteroatoms. The molecule has 3 aromatic rings. The van der Waals surface area contributed by atoms with Crippen LogP contribution in [0.15, 0.2) is 48.5 Å². The van der Waals surface area contributed by atoms with Gasteiger partial charge in [0.2, 0.25) is 0 Å². The van der Waals surface area contributed by atoms with E-state index in [4.69, 9.17) is 16.3 Å². The molecule has 0 fully saturated rings. The van der Waals surface area contributed by atoms with Crippen LogP contribution in [0.2, 0.25) is 5.02 Å². The van der Waals surface area contributed by atoms with Crippen molar-refractivity contribution in [3.8, 4) is 16.3 Å². The van der Waals surface area contributed by atoms with Crippen molar-refractivity contribution < 1.29 is 13.9 Å². The van der Waals surface area contributed by atoms with Gasteiger partial charge in [0.05, 0.1) is 5.69 Å². The van der Waals surface area contributed by atoms with Crippen molar-refractivity contribution >= 4 is 28.8 Å². The number of rotatable bonds is 7. The first-order chi connectivity index (χ1) is 13.0. The molecule has 27 heavy (non-hydrogen) atoms. The van der Waals surface area contributed by atoms with Crippen molar-refractivity contribution in [1.29, 1.82) is 0 Å². The summed E-state index contributed by atoms with van der Waals surface area (Å²) in [7, 11) is 0. The van der Waals surface area contributed by atoms with E-state index in [0.29, 0.717) is 23.7 Å². The zero-order valence-corrected chi connectivity index (χ0v) is 16.2. The lowest BCUT2D eigenvalue weighted by Gasteiger charge is -2.07. The Bertz CT molecular complexity index is 911. The van der Waals surface area contributed by atoms with Crippen LogP contribution in [0.3, 0.4) is 0 Å². The monoisotopic (exact) mass is 404 g/mol. The lowest BCUT2D eigenvalue weighted by Crippen LogP contribution is -2.30. The van der Waals surface area contributed by atoms with Crippen LogP contribution in [0.1, 0.15) is 10.6 Å². The maximum absolute atomic E-state index is 13.0. The molecule has 0 saturated heterocycles. The lowest BCUT2D eigenvalue weighted by atomic mass is 10.2. The number of thiazole rings is 1. The molecule has 0 unspecified atom stereocenters. The Morgan fingerprint density at radius 2 is 1.89 bits per heavy atom. The normalized spacial score (nSPS) is 10.6. The van der Waals surface area contributed by atoms with Crippen molar-refractivity contribution in [3.05, 3.63) is 69.9 Å². The van der Waals surface area contributed by atoms with Gasteiger partial charge >= 0.3 is 0 Å². The van der Waals surface area contributed by atoms with E-state index in [1.807, 2.05) is 6.92 Å². The molecule has 2 aromatic carbocycles. The first-order valence-corrected chi connectivity index (χ1v) is 9.58. The molecule has 0 bridgehead atoms. The summed E-state index contributed by atoms with van der Waals surface area (Å²) in [6.07, 6.45) is 0.678. The summed E-state index contributed by atoms with van der Waals surface area (Å²) in [5.74, 6) is 0.137. The highest BCUT2D eigenvalue weighted by Crippen LogP contribution is 2.28. The SMILES string of the molecule is Cc1nc(-c2ccc(F)cc2)sc1CCNC(=O)COc1ccc(Cl)cc1. The number of ether oxygens (including phenoxy) is 1. The predicted molar refractivity (Wildman–Crippen MR) is 106 cm³/mol. The Morgan fingerprint density at radius 1 is 1.19 bits per heavy atom. The fourth-order valence-electron chi connectivity index (χ4n) is 2.42. The Morgan fingerprint density at radius 3 is 2.59 bits per heavy atom. The second-order valence-corrected chi connectivity index (χ2v) is 7.40. The topological polar surface area (TPSA) is 51.2 Å². The third-order valence-electron chi connectivity index (χ3n) is 3.84. The number of halogens is 2. The van der Waals surface area contributed by atoms with Crippen LogP contribution in [0.4, 0.5) is 4.39 Å². The molecule has 1 amide bonds. The second kappa shape index (κ2) is 8.97. The molecule has 0 atom stereocenters. The fraction of sp³-hybridized carbons (Fsp3) is 0.200. The molecule has 1 heterocycles. The molecule has 3 rings (SSSR count). The highest BCUT2D eigenvalue weighted by atomic mass is 35.5. The molecular formula is C20H18ClFN2O2S. The Kier molecular flexibility index (Phi) is 6.42. The molecule has 1 N–H and O–H groups in total. The quantitative estimate of drug-likeness (QED) is 0.623. The summed E-state index contributed by atoms with van der Waals surface area (Å²) in [6.45, 7) is 2.38. The first kappa shape index (κ1) is 19.3. The van der Waals surface area contributed by atoms with Crippen molar-refractivity contribution in [2.45, 2.75) is 13.3 Å². The van der Waals surface area contributed by atoms with E-state index in [0.717, 1.165) is 21.1 Å². The van der Waals surface area contributed by atoms with Gasteiger partial charge in [0.1, 0.15) is 16.6 Å². The van der Waals surface area contributed by atoms with Crippen molar-refractivity contribution in [2.75, 3.05) is 13.2 Å². The highest BCUT2D eigenvalue weighted by Gasteiger charge is 2.10. The maximum Gasteiger partial charge on any atom is 0.257 e. The molecule has 0 aliphatic carbocycles. The number of hydrogen-bond acceptors (Lipinski definition) is 4. The van der Waals surface area contributed by atoms with Gasteiger partial charge in [-0.15, -0.1) is 11.3 Å². The average molecular weight is 405 g/mol. The molecular weight excluding hydrogens is 387 g/mol. The van der Waals surface area contributed by atoms with Crippen LogP contribution in [0.5, 0.6) is 5.75 Å². The van der Waals surface area contributed by atoms with Gasteiger partial charge < -0.3 is 10.1 Å². The molecule has 1 aromatic heterocycles. The number of aryl methyl sites for hydroxylation is 1. The van der Waals surface area contributed by atoms with Crippen LogP contribution < -0.4 is 10.1 Å². The van der Waals surface area contributed by atoms with E-state index in [1.54, 1.807) is 47.7 Å². The van der Waals surface area contributed by atoms with Gasteiger partial charge in [-0.1, -0.05) is 11.6 Å². The number of nitrogens with zero attached hydrogens (tertiary/aromatic N) is 1. The van der Waals surface area contributed by atoms with E-state index >= 15 is 0 Å². The molecule has 4 nitrogen and oxygen atoms in total. The van der Waals surface area contributed by atoms with Gasteiger partial charge in [-0.25, -0.2) is 9.37 Å². The number of carbonyl (C=O) groups excluding carboxylic acids is 1. The highest BCUT2D eigenvalue weighted by molar-refractivity contribution is 7.15. The number of amides is 1. The van der Waals surface area contributed by atoms with Crippen molar-refractivity contribution in [1.82, 2.24) is 10.3 Å². The molecule has 0 saturated carbocycles. The average Bonchev–Trinajstić information content (AvgIpc) is 3.02. The smallest absolute Gasteiger partial charge is 0.257 e. The number of hydrogen-bond donors (Lipinski definition) is 1. The minimum atomic E-state index is -0.268. The molecule has 0 aliphatic heterocycles. The third kappa shape index (κ3) is 5.52. The first-order valence-electron chi connectivity index (χ1n) is 8.38. The number of benzene rings is 2. The molecule has 0 aliphatic rings. The zero-order valence-electron chi connectivity index (χ0n) is 14.7. The Hall–Kier alpha value is -2.44. The van der Waals surface area contributed by atoms with Crippen LogP contribution in [-0.2, 0) is 11.2 Å². The minimum absolute atomic E-state index is 0.0515. The standard InChI is InChI=1S/C20H18ClFN2O2S/c1-13-18(27-20(24-13)14-2-6-16(22)7-3-14)10-11-23-19(25)12-26-17-8-4-15(21)5-9-17/h2-9H,10-12H2,1H3,(H,23,25). The third-order valence-corrected chi connectivity index (χ3v) is 5.36. The van der Waals surface area contributed by atoms with Crippen molar-refractivity contribution in [2.24, 2.45) is 0 Å². The van der Waals surface area contributed by atoms with Crippen molar-refractivity contribution in [3.63, 3.8) is 0 Å². The lowest BCUT2D eigenvalue weighted by molar-refractivity contribution is -0.123. The van der Waals surface area contributed by atoms with E-state index in [9.17, 15) is 9.18 Å². The van der Waals surface area contributed by atoms with Gasteiger partial charge in [0.25, 0.3) is 5.91 Å². The van der Waals surface area contributed by atoms with Crippen LogP contribution >= 0.6 is 22.9 Å². The van der Waals surface area contributed by atoms with E-state index in [2.05, 4.69) is 10.3 Å². The van der Waals surface area contributed by atoms with Gasteiger partial charge in [-0.3, -0.25) is 4.79 Å². The summed E-state index contributed by atoms with van der Waals surface area (Å²) in [5.41, 5.74) is 1.81. The van der Waals surface area contributed by atoms with Crippen LogP contribution in [0, 0.1) is 12.7 Å². The summed E-state index contributed by atoms with van der Waals surface area (Å²) in [4.78, 5) is 17.5. The summed E-state index contributed by atoms with van der Waals surface area (Å²) in [6, 6.07) is 13.1. The maximum atomic E-state index is 13.0. The van der Waals surface area contributed by atoms with Gasteiger partial charge in [0, 0.05) is 28.4 Å². The zero-order chi connectivity index (χ0) is 19.2. The van der Waals surface area contributed by atoms with Crippen LogP contribution in [-0.4, -0.2) is 24.0 Å². The molecule has 140 valence electrons. The number of nitrogens with one attached hydrogen (secondary N) is 1. The van der Waals surface area contributed by atoms with Gasteiger partial charge in [-0.2, -0.15) is 0 Å². The fourth-order valence-corrected chi connectivity index (χ4v) is 3.62. The largest absolute Gasteiger partial charge is 0.484 e. The van der Waals surface area contributed by atoms with E-state index < -0.39 is 0 Å². The number of aromatic nitrogens is 1. The summed E-state index contributed by atoms with van der Waals surface area (Å²) >= 11 is 7.36. The van der Waals surface area contributed by atoms with E-state index in [1.165, 1.54) is 12.1 Å². The minimum Gasteiger partial charge on any atom is -0.484 e. The van der Waals surface area contributed by atoms with Gasteiger partial charge in [-0.05, 0) is 55.5 Å². The Balaban J connectivity index is 1.48. The Labute approximate surface area is 166 Å². The molecule has 0 spiro atoms. The van der Waals surface area contributed by atoms with Crippen LogP contribution in [0.25, 0.3) is 10.6 Å². The van der Waals surface area contributed by atoms with E-state index in [-0.39, 0.29) is 18.3 Å². The predicted octanol–water partition coefficient (Wildman–Crippen LogP) is 4.65.